The van der Waals surface area contributed by atoms with Crippen LogP contribution in [0.3, 0.4) is 0 Å². The SMILES string of the molecule is NC(=NN=Cc1ccc([N+](=O)[O-])cc1[N+](=O)[O-])SCc1ccccc1. The van der Waals surface area contributed by atoms with Gasteiger partial charge in [0.1, 0.15) is 0 Å². The van der Waals surface area contributed by atoms with Gasteiger partial charge in [-0.1, -0.05) is 42.1 Å². The maximum atomic E-state index is 11.0. The Morgan fingerprint density at radius 3 is 2.48 bits per heavy atom. The second-order valence-electron chi connectivity index (χ2n) is 4.71. The average Bonchev–Trinajstić information content (AvgIpc) is 2.60. The molecule has 2 aromatic rings. The molecule has 0 saturated heterocycles. The number of nitro groups is 2. The lowest BCUT2D eigenvalue weighted by Crippen LogP contribution is -2.06. The van der Waals surface area contributed by atoms with E-state index in [2.05, 4.69) is 10.2 Å². The number of nitro benzene ring substituents is 2. The Bertz CT molecular complexity index is 839. The molecular formula is C15H13N5O4S. The van der Waals surface area contributed by atoms with Crippen molar-refractivity contribution in [2.45, 2.75) is 5.75 Å². The highest BCUT2D eigenvalue weighted by atomic mass is 32.2. The average molecular weight is 359 g/mol. The molecule has 0 aliphatic rings. The first-order valence-electron chi connectivity index (χ1n) is 6.93. The predicted molar refractivity (Wildman–Crippen MR) is 96.7 cm³/mol. The van der Waals surface area contributed by atoms with Gasteiger partial charge in [0.05, 0.1) is 27.7 Å². The third-order valence-electron chi connectivity index (χ3n) is 3.00. The van der Waals surface area contributed by atoms with Gasteiger partial charge < -0.3 is 5.73 Å². The van der Waals surface area contributed by atoms with Crippen LogP contribution < -0.4 is 5.73 Å². The molecule has 2 rings (SSSR count). The summed E-state index contributed by atoms with van der Waals surface area (Å²) in [7, 11) is 0. The molecule has 0 heterocycles. The van der Waals surface area contributed by atoms with Gasteiger partial charge in [-0.25, -0.2) is 0 Å². The minimum atomic E-state index is -0.717. The molecule has 0 atom stereocenters. The fraction of sp³-hybridized carbons (Fsp3) is 0.0667. The molecule has 0 bridgehead atoms. The summed E-state index contributed by atoms with van der Waals surface area (Å²) in [4.78, 5) is 20.3. The first-order valence-corrected chi connectivity index (χ1v) is 7.92. The number of hydrogen-bond donors (Lipinski definition) is 1. The molecule has 0 aromatic heterocycles. The molecule has 0 saturated carbocycles. The quantitative estimate of drug-likeness (QED) is 0.364. The molecule has 0 radical (unpaired) electrons. The standard InChI is InChI=1S/C15H13N5O4S/c16-15(25-10-11-4-2-1-3-5-11)18-17-9-12-6-7-13(19(21)22)8-14(12)20(23)24/h1-9H,10H2,(H2,16,18). The van der Waals surface area contributed by atoms with E-state index in [1.165, 1.54) is 17.8 Å². The van der Waals surface area contributed by atoms with Crippen LogP contribution in [0.2, 0.25) is 0 Å². The number of thioether (sulfide) groups is 1. The van der Waals surface area contributed by atoms with Crippen LogP contribution in [0, 0.1) is 20.2 Å². The van der Waals surface area contributed by atoms with Crippen LogP contribution in [-0.4, -0.2) is 21.2 Å². The van der Waals surface area contributed by atoms with Gasteiger partial charge in [0, 0.05) is 11.8 Å². The molecule has 0 aliphatic carbocycles. The maximum Gasteiger partial charge on any atom is 0.285 e. The Kier molecular flexibility index (Phi) is 6.18. The first kappa shape index (κ1) is 18.1. The summed E-state index contributed by atoms with van der Waals surface area (Å²) in [6.45, 7) is 0. The lowest BCUT2D eigenvalue weighted by Gasteiger charge is -1.99. The molecule has 0 unspecified atom stereocenters. The molecule has 10 heteroatoms. The Balaban J connectivity index is 2.07. The van der Waals surface area contributed by atoms with E-state index in [1.54, 1.807) is 0 Å². The van der Waals surface area contributed by atoms with Crippen molar-refractivity contribution in [1.29, 1.82) is 0 Å². The fourth-order valence-electron chi connectivity index (χ4n) is 1.82. The summed E-state index contributed by atoms with van der Waals surface area (Å²) in [5.74, 6) is 0.614. The van der Waals surface area contributed by atoms with Crippen LogP contribution in [0.4, 0.5) is 11.4 Å². The second kappa shape index (κ2) is 8.55. The molecule has 0 aliphatic heterocycles. The molecule has 2 N–H and O–H groups in total. The van der Waals surface area contributed by atoms with Gasteiger partial charge in [-0.05, 0) is 11.6 Å². The highest BCUT2D eigenvalue weighted by molar-refractivity contribution is 8.13. The maximum absolute atomic E-state index is 11.0. The fourth-order valence-corrected chi connectivity index (χ4v) is 2.43. The van der Waals surface area contributed by atoms with Gasteiger partial charge in [-0.3, -0.25) is 20.2 Å². The van der Waals surface area contributed by atoms with Crippen molar-refractivity contribution in [3.05, 3.63) is 79.9 Å². The number of nitrogens with two attached hydrogens (primary N) is 1. The van der Waals surface area contributed by atoms with Crippen LogP contribution in [-0.2, 0) is 5.75 Å². The van der Waals surface area contributed by atoms with E-state index in [0.717, 1.165) is 23.9 Å². The summed E-state index contributed by atoms with van der Waals surface area (Å²) in [5, 5.41) is 29.4. The molecule has 0 spiro atoms. The largest absolute Gasteiger partial charge is 0.377 e. The normalized spacial score (nSPS) is 11.6. The van der Waals surface area contributed by atoms with Crippen LogP contribution in [0.25, 0.3) is 0 Å². The zero-order chi connectivity index (χ0) is 18.2. The lowest BCUT2D eigenvalue weighted by atomic mass is 10.2. The van der Waals surface area contributed by atoms with Crippen LogP contribution in [0.5, 0.6) is 0 Å². The molecule has 9 nitrogen and oxygen atoms in total. The topological polar surface area (TPSA) is 137 Å². The van der Waals surface area contributed by atoms with Crippen LogP contribution >= 0.6 is 11.8 Å². The summed E-state index contributed by atoms with van der Waals surface area (Å²) < 4.78 is 0. The van der Waals surface area contributed by atoms with Crippen molar-refractivity contribution in [3.8, 4) is 0 Å². The van der Waals surface area contributed by atoms with Crippen molar-refractivity contribution < 1.29 is 9.85 Å². The van der Waals surface area contributed by atoms with Gasteiger partial charge >= 0.3 is 0 Å². The molecule has 128 valence electrons. The van der Waals surface area contributed by atoms with E-state index in [0.29, 0.717) is 5.75 Å². The van der Waals surface area contributed by atoms with Crippen molar-refractivity contribution in [2.24, 2.45) is 15.9 Å². The Labute approximate surface area is 146 Å². The van der Waals surface area contributed by atoms with E-state index < -0.39 is 15.5 Å². The number of nitrogens with zero attached hydrogens (tertiary/aromatic N) is 4. The summed E-state index contributed by atoms with van der Waals surface area (Å²) in [6.07, 6.45) is 1.14. The third kappa shape index (κ3) is 5.39. The first-order chi connectivity index (χ1) is 12.0. The Hall–Kier alpha value is -3.27. The monoisotopic (exact) mass is 359 g/mol. The van der Waals surface area contributed by atoms with E-state index in [1.807, 2.05) is 30.3 Å². The summed E-state index contributed by atoms with van der Waals surface area (Å²) >= 11 is 1.27. The summed E-state index contributed by atoms with van der Waals surface area (Å²) in [6, 6.07) is 12.9. The number of hydrogen-bond acceptors (Lipinski definition) is 7. The molecule has 0 fully saturated rings. The van der Waals surface area contributed by atoms with Crippen molar-refractivity contribution in [3.63, 3.8) is 0 Å². The Morgan fingerprint density at radius 2 is 1.84 bits per heavy atom. The van der Waals surface area contributed by atoms with Gasteiger partial charge in [-0.15, -0.1) is 5.10 Å². The zero-order valence-electron chi connectivity index (χ0n) is 12.8. The van der Waals surface area contributed by atoms with E-state index in [4.69, 9.17) is 5.73 Å². The number of non-ortho nitro benzene ring substituents is 1. The number of benzene rings is 2. The lowest BCUT2D eigenvalue weighted by molar-refractivity contribution is -0.394. The minimum absolute atomic E-state index is 0.0974. The van der Waals surface area contributed by atoms with Crippen molar-refractivity contribution in [1.82, 2.24) is 0 Å². The molecular weight excluding hydrogens is 346 g/mol. The van der Waals surface area contributed by atoms with E-state index in [9.17, 15) is 20.2 Å². The third-order valence-corrected chi connectivity index (χ3v) is 3.86. The van der Waals surface area contributed by atoms with Crippen molar-refractivity contribution in [2.75, 3.05) is 0 Å². The zero-order valence-corrected chi connectivity index (χ0v) is 13.6. The van der Waals surface area contributed by atoms with Crippen LogP contribution in [0.15, 0.2) is 58.7 Å². The van der Waals surface area contributed by atoms with Gasteiger partial charge in [0.2, 0.25) is 0 Å². The van der Waals surface area contributed by atoms with E-state index >= 15 is 0 Å². The second-order valence-corrected chi connectivity index (χ2v) is 5.71. The smallest absolute Gasteiger partial charge is 0.285 e. The van der Waals surface area contributed by atoms with E-state index in [-0.39, 0.29) is 16.4 Å². The van der Waals surface area contributed by atoms with Gasteiger partial charge in [0.25, 0.3) is 11.4 Å². The summed E-state index contributed by atoms with van der Waals surface area (Å²) in [5.41, 5.74) is 6.09. The predicted octanol–water partition coefficient (Wildman–Crippen LogP) is 3.09. The molecule has 2 aromatic carbocycles. The molecule has 0 amide bonds. The van der Waals surface area contributed by atoms with Gasteiger partial charge in [0.15, 0.2) is 5.17 Å². The number of amidine groups is 1. The highest BCUT2D eigenvalue weighted by Crippen LogP contribution is 2.23. The van der Waals surface area contributed by atoms with Crippen molar-refractivity contribution >= 4 is 34.5 Å². The van der Waals surface area contributed by atoms with Gasteiger partial charge in [-0.2, -0.15) is 5.10 Å². The minimum Gasteiger partial charge on any atom is -0.377 e. The number of rotatable bonds is 6. The highest BCUT2D eigenvalue weighted by Gasteiger charge is 2.18. The van der Waals surface area contributed by atoms with Crippen LogP contribution in [0.1, 0.15) is 11.1 Å². The Morgan fingerprint density at radius 1 is 1.12 bits per heavy atom. The molecule has 25 heavy (non-hydrogen) atoms.